The molecule has 0 atom stereocenters. The van der Waals surface area contributed by atoms with Gasteiger partial charge in [-0.3, -0.25) is 0 Å². The maximum Gasteiger partial charge on any atom is 0.113 e. The van der Waals surface area contributed by atoms with E-state index in [0.717, 1.165) is 18.6 Å². The molecule has 0 amide bonds. The highest BCUT2D eigenvalue weighted by molar-refractivity contribution is 5.23. The van der Waals surface area contributed by atoms with E-state index in [2.05, 4.69) is 31.2 Å². The Bertz CT molecular complexity index is 374. The van der Waals surface area contributed by atoms with Crippen molar-refractivity contribution in [3.8, 4) is 0 Å². The third-order valence-corrected chi connectivity index (χ3v) is 2.51. The van der Waals surface area contributed by atoms with Crippen LogP contribution in [0.25, 0.3) is 0 Å². The minimum atomic E-state index is 0.681. The highest BCUT2D eigenvalue weighted by atomic mass is 16.5. The first-order valence-electron chi connectivity index (χ1n) is 5.38. The Balaban J connectivity index is 1.91. The lowest BCUT2D eigenvalue weighted by atomic mass is 10.1. The summed E-state index contributed by atoms with van der Waals surface area (Å²) >= 11 is 0. The predicted octanol–water partition coefficient (Wildman–Crippen LogP) is 3.83. The van der Waals surface area contributed by atoms with Crippen molar-refractivity contribution in [3.63, 3.8) is 0 Å². The van der Waals surface area contributed by atoms with Gasteiger partial charge in [0.05, 0.1) is 5.76 Å². The fourth-order valence-corrected chi connectivity index (χ4v) is 1.69. The molecule has 0 spiro atoms. The van der Waals surface area contributed by atoms with E-state index in [1.807, 2.05) is 18.2 Å². The number of benzene rings is 1. The molecule has 1 heteroatoms. The Morgan fingerprint density at radius 2 is 2.00 bits per heavy atom. The third kappa shape index (κ3) is 2.98. The molecule has 0 aliphatic heterocycles. The molecule has 1 aliphatic rings. The monoisotopic (exact) mass is 200 g/mol. The van der Waals surface area contributed by atoms with Crippen molar-refractivity contribution >= 4 is 0 Å². The van der Waals surface area contributed by atoms with E-state index < -0.39 is 0 Å². The van der Waals surface area contributed by atoms with Crippen LogP contribution in [0.3, 0.4) is 0 Å². The van der Waals surface area contributed by atoms with Crippen molar-refractivity contribution in [1.82, 2.24) is 0 Å². The van der Waals surface area contributed by atoms with Gasteiger partial charge in [-0.15, -0.1) is 0 Å². The first kappa shape index (κ1) is 10.0. The molecule has 0 radical (unpaired) electrons. The molecular weight excluding hydrogens is 184 g/mol. The van der Waals surface area contributed by atoms with E-state index in [4.69, 9.17) is 4.74 Å². The maximum atomic E-state index is 5.76. The van der Waals surface area contributed by atoms with Crippen molar-refractivity contribution < 1.29 is 4.74 Å². The quantitative estimate of drug-likeness (QED) is 0.720. The van der Waals surface area contributed by atoms with Crippen molar-refractivity contribution in [2.24, 2.45) is 0 Å². The Labute approximate surface area is 91.1 Å². The van der Waals surface area contributed by atoms with Crippen molar-refractivity contribution in [2.75, 3.05) is 0 Å². The van der Waals surface area contributed by atoms with Gasteiger partial charge >= 0.3 is 0 Å². The highest BCUT2D eigenvalue weighted by Gasteiger charge is 2.03. The Morgan fingerprint density at radius 3 is 2.73 bits per heavy atom. The number of hydrogen-bond donors (Lipinski definition) is 0. The molecule has 0 aromatic heterocycles. The number of rotatable bonds is 3. The van der Waals surface area contributed by atoms with Crippen LogP contribution < -0.4 is 0 Å². The average molecular weight is 200 g/mol. The van der Waals surface area contributed by atoms with Crippen LogP contribution in [0.15, 0.2) is 53.8 Å². The van der Waals surface area contributed by atoms with E-state index >= 15 is 0 Å². The summed E-state index contributed by atoms with van der Waals surface area (Å²) in [7, 11) is 0. The van der Waals surface area contributed by atoms with Crippen LogP contribution in [0.1, 0.15) is 25.3 Å². The highest BCUT2D eigenvalue weighted by Crippen LogP contribution is 2.19. The van der Waals surface area contributed by atoms with Gasteiger partial charge in [0.15, 0.2) is 0 Å². The fourth-order valence-electron chi connectivity index (χ4n) is 1.69. The molecular formula is C14H16O. The molecule has 0 saturated carbocycles. The van der Waals surface area contributed by atoms with Gasteiger partial charge in [-0.05, 0) is 25.0 Å². The summed E-state index contributed by atoms with van der Waals surface area (Å²) in [4.78, 5) is 0. The molecule has 0 fully saturated rings. The van der Waals surface area contributed by atoms with Gasteiger partial charge in [-0.1, -0.05) is 42.0 Å². The van der Waals surface area contributed by atoms with Gasteiger partial charge in [-0.25, -0.2) is 0 Å². The van der Waals surface area contributed by atoms with Crippen LogP contribution in [0.4, 0.5) is 0 Å². The fraction of sp³-hybridized carbons (Fsp3) is 0.286. The van der Waals surface area contributed by atoms with Crippen molar-refractivity contribution in [1.29, 1.82) is 0 Å². The zero-order valence-corrected chi connectivity index (χ0v) is 9.07. The Hall–Kier alpha value is -1.50. The van der Waals surface area contributed by atoms with Gasteiger partial charge in [0.2, 0.25) is 0 Å². The topological polar surface area (TPSA) is 9.23 Å². The number of hydrogen-bond acceptors (Lipinski definition) is 1. The molecule has 2 rings (SSSR count). The summed E-state index contributed by atoms with van der Waals surface area (Å²) in [6.07, 6.45) is 6.51. The number of ether oxygens (including phenoxy) is 1. The van der Waals surface area contributed by atoms with Crippen LogP contribution in [0.2, 0.25) is 0 Å². The smallest absolute Gasteiger partial charge is 0.113 e. The van der Waals surface area contributed by atoms with Crippen LogP contribution >= 0.6 is 0 Å². The Kier molecular flexibility index (Phi) is 3.23. The summed E-state index contributed by atoms with van der Waals surface area (Å²) in [5, 5.41) is 0. The molecule has 15 heavy (non-hydrogen) atoms. The number of allylic oxidation sites excluding steroid dienone is 4. The van der Waals surface area contributed by atoms with Gasteiger partial charge < -0.3 is 4.74 Å². The molecule has 1 aliphatic carbocycles. The molecule has 78 valence electrons. The minimum absolute atomic E-state index is 0.681. The largest absolute Gasteiger partial charge is 0.493 e. The molecule has 0 N–H and O–H groups in total. The summed E-state index contributed by atoms with van der Waals surface area (Å²) in [6, 6.07) is 10.3. The van der Waals surface area contributed by atoms with Crippen LogP contribution in [-0.2, 0) is 11.3 Å². The van der Waals surface area contributed by atoms with E-state index in [0.29, 0.717) is 6.61 Å². The van der Waals surface area contributed by atoms with Crippen LogP contribution in [-0.4, -0.2) is 0 Å². The minimum Gasteiger partial charge on any atom is -0.493 e. The zero-order chi connectivity index (χ0) is 10.5. The predicted molar refractivity (Wildman–Crippen MR) is 62.3 cm³/mol. The zero-order valence-electron chi connectivity index (χ0n) is 9.07. The molecule has 1 aromatic carbocycles. The summed E-state index contributed by atoms with van der Waals surface area (Å²) < 4.78 is 5.76. The second-order valence-corrected chi connectivity index (χ2v) is 3.87. The SMILES string of the molecule is CC1=CCCC(OCc2ccccc2)=C1. The molecule has 1 aromatic rings. The van der Waals surface area contributed by atoms with Gasteiger partial charge in [0.1, 0.15) is 6.61 Å². The lowest BCUT2D eigenvalue weighted by Crippen LogP contribution is -1.97. The average Bonchev–Trinajstić information content (AvgIpc) is 2.28. The molecule has 0 saturated heterocycles. The summed E-state index contributed by atoms with van der Waals surface area (Å²) in [5.41, 5.74) is 2.54. The van der Waals surface area contributed by atoms with E-state index in [1.54, 1.807) is 0 Å². The van der Waals surface area contributed by atoms with E-state index in [9.17, 15) is 0 Å². The molecule has 1 nitrogen and oxygen atoms in total. The van der Waals surface area contributed by atoms with Crippen LogP contribution in [0.5, 0.6) is 0 Å². The lowest BCUT2D eigenvalue weighted by Gasteiger charge is -2.13. The van der Waals surface area contributed by atoms with E-state index in [-0.39, 0.29) is 0 Å². The Morgan fingerprint density at radius 1 is 1.20 bits per heavy atom. The third-order valence-electron chi connectivity index (χ3n) is 2.51. The van der Waals surface area contributed by atoms with Crippen molar-refractivity contribution in [3.05, 3.63) is 59.4 Å². The maximum absolute atomic E-state index is 5.76. The summed E-state index contributed by atoms with van der Waals surface area (Å²) in [5.74, 6) is 1.11. The van der Waals surface area contributed by atoms with E-state index in [1.165, 1.54) is 11.1 Å². The second kappa shape index (κ2) is 4.83. The van der Waals surface area contributed by atoms with Gasteiger partial charge in [0.25, 0.3) is 0 Å². The normalized spacial score (nSPS) is 15.5. The first-order chi connectivity index (χ1) is 7.34. The molecule has 0 bridgehead atoms. The van der Waals surface area contributed by atoms with Gasteiger partial charge in [0, 0.05) is 6.42 Å². The second-order valence-electron chi connectivity index (χ2n) is 3.87. The molecule has 0 unspecified atom stereocenters. The van der Waals surface area contributed by atoms with Crippen molar-refractivity contribution in [2.45, 2.75) is 26.4 Å². The standard InChI is InChI=1S/C14H16O/c1-12-6-5-9-14(10-12)15-11-13-7-3-2-4-8-13/h2-4,6-8,10H,5,9,11H2,1H3. The van der Waals surface area contributed by atoms with Crippen LogP contribution in [0, 0.1) is 0 Å². The first-order valence-corrected chi connectivity index (χ1v) is 5.38. The lowest BCUT2D eigenvalue weighted by molar-refractivity contribution is 0.188. The molecule has 0 heterocycles. The van der Waals surface area contributed by atoms with Gasteiger partial charge in [-0.2, -0.15) is 0 Å². The summed E-state index contributed by atoms with van der Waals surface area (Å²) in [6.45, 7) is 2.80.